The van der Waals surface area contributed by atoms with E-state index in [9.17, 15) is 4.79 Å². The van der Waals surface area contributed by atoms with Gasteiger partial charge in [0.05, 0.1) is 5.56 Å². The van der Waals surface area contributed by atoms with Crippen molar-refractivity contribution >= 4 is 11.6 Å². The molecule has 0 saturated heterocycles. The summed E-state index contributed by atoms with van der Waals surface area (Å²) < 4.78 is 0. The summed E-state index contributed by atoms with van der Waals surface area (Å²) in [6, 6.07) is 14.2. The number of benzene rings is 2. The number of amides is 1. The number of hydrogen-bond donors (Lipinski definition) is 2. The predicted octanol–water partition coefficient (Wildman–Crippen LogP) is 3.32. The summed E-state index contributed by atoms with van der Waals surface area (Å²) in [7, 11) is 1.83. The van der Waals surface area contributed by atoms with Crippen LogP contribution in [0.25, 0.3) is 0 Å². The molecule has 0 aliphatic rings. The number of hydrogen-bond acceptors (Lipinski definition) is 2. The van der Waals surface area contributed by atoms with Crippen molar-refractivity contribution in [3.8, 4) is 0 Å². The van der Waals surface area contributed by atoms with E-state index < -0.39 is 0 Å². The second kappa shape index (κ2) is 6.93. The maximum Gasteiger partial charge on any atom is 0.253 e. The van der Waals surface area contributed by atoms with E-state index in [0.29, 0.717) is 12.1 Å². The molecule has 0 unspecified atom stereocenters. The van der Waals surface area contributed by atoms with E-state index in [2.05, 4.69) is 35.8 Å². The van der Waals surface area contributed by atoms with Crippen LogP contribution < -0.4 is 10.6 Å². The molecule has 2 rings (SSSR count). The van der Waals surface area contributed by atoms with Crippen LogP contribution in [0, 0.1) is 13.8 Å². The summed E-state index contributed by atoms with van der Waals surface area (Å²) in [4.78, 5) is 12.2. The largest absolute Gasteiger partial charge is 0.387 e. The first-order chi connectivity index (χ1) is 10.1. The third kappa shape index (κ3) is 4.09. The van der Waals surface area contributed by atoms with Gasteiger partial charge in [0.15, 0.2) is 0 Å². The van der Waals surface area contributed by atoms with E-state index in [4.69, 9.17) is 0 Å². The fraction of sp³-hybridized carbons (Fsp3) is 0.278. The molecule has 110 valence electrons. The molecule has 0 spiro atoms. The molecular formula is C18H22N2O. The average molecular weight is 282 g/mol. The number of rotatable bonds is 5. The standard InChI is InChI=1S/C18H22N2O/c1-13-5-4-6-15(11-13)9-10-20-18(21)16-8-7-14(2)12-17(16)19-3/h4-8,11-12,19H,9-10H2,1-3H3,(H,20,21). The molecule has 0 heterocycles. The Kier molecular flexibility index (Phi) is 4.99. The van der Waals surface area contributed by atoms with Gasteiger partial charge >= 0.3 is 0 Å². The normalized spacial score (nSPS) is 10.2. The Balaban J connectivity index is 1.96. The first-order valence-corrected chi connectivity index (χ1v) is 7.22. The Morgan fingerprint density at radius 2 is 1.81 bits per heavy atom. The summed E-state index contributed by atoms with van der Waals surface area (Å²) in [6.45, 7) is 4.73. The van der Waals surface area contributed by atoms with Crippen LogP contribution in [0.4, 0.5) is 5.69 Å². The highest BCUT2D eigenvalue weighted by molar-refractivity contribution is 5.99. The Hall–Kier alpha value is -2.29. The van der Waals surface area contributed by atoms with Gasteiger partial charge in [-0.25, -0.2) is 0 Å². The van der Waals surface area contributed by atoms with Gasteiger partial charge in [-0.3, -0.25) is 4.79 Å². The number of aryl methyl sites for hydroxylation is 2. The average Bonchev–Trinajstić information content (AvgIpc) is 2.47. The highest BCUT2D eigenvalue weighted by Gasteiger charge is 2.10. The van der Waals surface area contributed by atoms with Crippen molar-refractivity contribution in [2.24, 2.45) is 0 Å². The number of carbonyl (C=O) groups is 1. The lowest BCUT2D eigenvalue weighted by Crippen LogP contribution is -2.26. The van der Waals surface area contributed by atoms with Crippen molar-refractivity contribution in [3.63, 3.8) is 0 Å². The lowest BCUT2D eigenvalue weighted by atomic mass is 10.1. The van der Waals surface area contributed by atoms with E-state index in [1.807, 2.05) is 38.2 Å². The Morgan fingerprint density at radius 1 is 1.05 bits per heavy atom. The molecule has 0 saturated carbocycles. The smallest absolute Gasteiger partial charge is 0.253 e. The zero-order valence-electron chi connectivity index (χ0n) is 12.9. The van der Waals surface area contributed by atoms with Gasteiger partial charge < -0.3 is 10.6 Å². The topological polar surface area (TPSA) is 41.1 Å². The first kappa shape index (κ1) is 15.1. The number of nitrogens with one attached hydrogen (secondary N) is 2. The van der Waals surface area contributed by atoms with Crippen LogP contribution in [0.5, 0.6) is 0 Å². The molecule has 1 amide bonds. The SMILES string of the molecule is CNc1cc(C)ccc1C(=O)NCCc1cccc(C)c1. The maximum atomic E-state index is 12.2. The molecule has 0 aliphatic heterocycles. The molecule has 0 radical (unpaired) electrons. The van der Waals surface area contributed by atoms with Crippen molar-refractivity contribution in [3.05, 3.63) is 64.7 Å². The van der Waals surface area contributed by atoms with Gasteiger partial charge in [-0.05, 0) is 43.5 Å². The van der Waals surface area contributed by atoms with Crippen LogP contribution in [0.3, 0.4) is 0 Å². The van der Waals surface area contributed by atoms with Gasteiger partial charge in [0.25, 0.3) is 5.91 Å². The minimum atomic E-state index is -0.0352. The van der Waals surface area contributed by atoms with Gasteiger partial charge in [-0.2, -0.15) is 0 Å². The van der Waals surface area contributed by atoms with Gasteiger partial charge in [0.2, 0.25) is 0 Å². The van der Waals surface area contributed by atoms with Crippen LogP contribution in [0.1, 0.15) is 27.0 Å². The molecular weight excluding hydrogens is 260 g/mol. The molecule has 0 aromatic heterocycles. The van der Waals surface area contributed by atoms with E-state index in [1.165, 1.54) is 11.1 Å². The molecule has 0 bridgehead atoms. The fourth-order valence-corrected chi connectivity index (χ4v) is 2.35. The molecule has 2 aromatic carbocycles. The Morgan fingerprint density at radius 3 is 2.52 bits per heavy atom. The fourth-order valence-electron chi connectivity index (χ4n) is 2.35. The lowest BCUT2D eigenvalue weighted by Gasteiger charge is -2.11. The van der Waals surface area contributed by atoms with E-state index in [-0.39, 0.29) is 5.91 Å². The second-order valence-electron chi connectivity index (χ2n) is 5.29. The third-order valence-electron chi connectivity index (χ3n) is 3.47. The van der Waals surface area contributed by atoms with Gasteiger partial charge in [-0.15, -0.1) is 0 Å². The molecule has 3 nitrogen and oxygen atoms in total. The van der Waals surface area contributed by atoms with Crippen molar-refractivity contribution in [2.45, 2.75) is 20.3 Å². The first-order valence-electron chi connectivity index (χ1n) is 7.22. The highest BCUT2D eigenvalue weighted by atomic mass is 16.1. The van der Waals surface area contributed by atoms with Crippen molar-refractivity contribution in [2.75, 3.05) is 18.9 Å². The summed E-state index contributed by atoms with van der Waals surface area (Å²) in [6.07, 6.45) is 0.841. The summed E-state index contributed by atoms with van der Waals surface area (Å²) >= 11 is 0. The molecule has 0 fully saturated rings. The lowest BCUT2D eigenvalue weighted by molar-refractivity contribution is 0.0955. The minimum absolute atomic E-state index is 0.0352. The predicted molar refractivity (Wildman–Crippen MR) is 87.9 cm³/mol. The summed E-state index contributed by atoms with van der Waals surface area (Å²) in [5.41, 5.74) is 5.17. The third-order valence-corrected chi connectivity index (χ3v) is 3.47. The monoisotopic (exact) mass is 282 g/mol. The Bertz CT molecular complexity index is 635. The molecule has 3 heteroatoms. The highest BCUT2D eigenvalue weighted by Crippen LogP contribution is 2.16. The minimum Gasteiger partial charge on any atom is -0.387 e. The van der Waals surface area contributed by atoms with E-state index in [1.54, 1.807) is 0 Å². The number of anilines is 1. The quantitative estimate of drug-likeness (QED) is 0.883. The molecule has 2 N–H and O–H groups in total. The zero-order valence-corrected chi connectivity index (χ0v) is 12.9. The van der Waals surface area contributed by atoms with Crippen LogP contribution in [0.2, 0.25) is 0 Å². The van der Waals surface area contributed by atoms with E-state index >= 15 is 0 Å². The molecule has 2 aromatic rings. The van der Waals surface area contributed by atoms with Gasteiger partial charge in [-0.1, -0.05) is 35.9 Å². The van der Waals surface area contributed by atoms with Crippen molar-refractivity contribution in [1.82, 2.24) is 5.32 Å². The molecule has 21 heavy (non-hydrogen) atoms. The zero-order chi connectivity index (χ0) is 15.2. The van der Waals surface area contributed by atoms with Crippen LogP contribution in [-0.2, 0) is 6.42 Å². The Labute approximate surface area is 126 Å². The van der Waals surface area contributed by atoms with Gasteiger partial charge in [0, 0.05) is 19.3 Å². The molecule has 0 atom stereocenters. The van der Waals surface area contributed by atoms with Crippen molar-refractivity contribution < 1.29 is 4.79 Å². The second-order valence-corrected chi connectivity index (χ2v) is 5.29. The summed E-state index contributed by atoms with van der Waals surface area (Å²) in [5, 5.41) is 6.05. The van der Waals surface area contributed by atoms with Crippen LogP contribution in [0.15, 0.2) is 42.5 Å². The van der Waals surface area contributed by atoms with E-state index in [0.717, 1.165) is 17.7 Å². The van der Waals surface area contributed by atoms with Crippen LogP contribution >= 0.6 is 0 Å². The summed E-state index contributed by atoms with van der Waals surface area (Å²) in [5.74, 6) is -0.0352. The maximum absolute atomic E-state index is 12.2. The molecule has 0 aliphatic carbocycles. The van der Waals surface area contributed by atoms with Crippen molar-refractivity contribution in [1.29, 1.82) is 0 Å². The number of carbonyl (C=O) groups excluding carboxylic acids is 1. The van der Waals surface area contributed by atoms with Gasteiger partial charge in [0.1, 0.15) is 0 Å². The van der Waals surface area contributed by atoms with Crippen LogP contribution in [-0.4, -0.2) is 19.5 Å².